The van der Waals surface area contributed by atoms with E-state index in [0.717, 1.165) is 55.4 Å². The molecule has 2 aromatic rings. The molecule has 2 fully saturated rings. The molecular weight excluding hydrogens is 675 g/mol. The number of alkyl carbamates (subject to hydrolysis) is 1. The van der Waals surface area contributed by atoms with Crippen molar-refractivity contribution in [3.8, 4) is 0 Å². The number of piperazine rings is 2. The molecule has 2 saturated heterocycles. The number of nitrogens with zero attached hydrogens (tertiary/aromatic N) is 5. The Labute approximate surface area is 305 Å². The Hall–Kier alpha value is -4.15. The van der Waals surface area contributed by atoms with Crippen molar-refractivity contribution in [3.05, 3.63) is 40.4 Å². The molecule has 4 rings (SSSR count). The van der Waals surface area contributed by atoms with Gasteiger partial charge in [0.1, 0.15) is 0 Å². The summed E-state index contributed by atoms with van der Waals surface area (Å²) < 4.78 is 11.2. The van der Waals surface area contributed by atoms with E-state index < -0.39 is 29.1 Å². The maximum absolute atomic E-state index is 13.1. The number of nitrogens with one attached hydrogen (secondary N) is 3. The van der Waals surface area contributed by atoms with Gasteiger partial charge in [-0.2, -0.15) is 0 Å². The number of aromatic nitrogens is 1. The summed E-state index contributed by atoms with van der Waals surface area (Å²) in [5.74, 6) is -2.08. The minimum atomic E-state index is -1.91. The van der Waals surface area contributed by atoms with Crippen LogP contribution in [-0.2, 0) is 33.7 Å². The van der Waals surface area contributed by atoms with Gasteiger partial charge in [0.25, 0.3) is 0 Å². The van der Waals surface area contributed by atoms with E-state index in [0.29, 0.717) is 43.3 Å². The van der Waals surface area contributed by atoms with Gasteiger partial charge in [-0.05, 0) is 58.4 Å². The molecule has 0 saturated carbocycles. The number of thiazole rings is 1. The van der Waals surface area contributed by atoms with Crippen molar-refractivity contribution in [3.63, 3.8) is 0 Å². The van der Waals surface area contributed by atoms with Gasteiger partial charge in [-0.1, -0.05) is 32.9 Å². The molecule has 1 atom stereocenters. The Morgan fingerprint density at radius 3 is 1.98 bits per heavy atom. The molecule has 1 aromatic heterocycles. The average Bonchev–Trinajstić information content (AvgIpc) is 3.39. The third kappa shape index (κ3) is 11.4. The van der Waals surface area contributed by atoms with Gasteiger partial charge in [0.05, 0.1) is 11.1 Å². The number of hydrogen-bond donors (Lipinski definition) is 4. The van der Waals surface area contributed by atoms with Crippen molar-refractivity contribution >= 4 is 46.3 Å². The molecule has 282 valence electrons. The van der Waals surface area contributed by atoms with Gasteiger partial charge >= 0.3 is 24.1 Å². The molecule has 1 unspecified atom stereocenters. The topological polar surface area (TPSA) is 175 Å². The van der Waals surface area contributed by atoms with Crippen LogP contribution in [-0.4, -0.2) is 120 Å². The quantitative estimate of drug-likeness (QED) is 0.261. The minimum Gasteiger partial charge on any atom is -0.387 e. The second-order valence-electron chi connectivity index (χ2n) is 15.3. The Morgan fingerprint density at radius 1 is 0.863 bits per heavy atom. The number of urea groups is 1. The number of carbonyl (C=O) groups is 4. The first-order valence-corrected chi connectivity index (χ1v) is 18.2. The molecule has 51 heavy (non-hydrogen) atoms. The summed E-state index contributed by atoms with van der Waals surface area (Å²) in [6.07, 6.45) is -0.554. The fourth-order valence-electron chi connectivity index (χ4n) is 5.78. The van der Waals surface area contributed by atoms with Crippen LogP contribution in [0.25, 0.3) is 0 Å². The van der Waals surface area contributed by atoms with Gasteiger partial charge in [-0.3, -0.25) is 9.69 Å². The SMILES string of the molecule is CC(=O)Nc1nc(CCc2ccc(NC(OC(N)=O)(OC(=O)NC(C)(C)C)C(C)(C)C)cc2)c(CN2CCN(C(=O)N3CCN(C)CC3)CC2)s1. The highest BCUT2D eigenvalue weighted by Gasteiger charge is 2.50. The first kappa shape index (κ1) is 39.6. The van der Waals surface area contributed by atoms with E-state index in [9.17, 15) is 19.2 Å². The summed E-state index contributed by atoms with van der Waals surface area (Å²) in [7, 11) is 2.08. The van der Waals surface area contributed by atoms with Crippen molar-refractivity contribution in [1.82, 2.24) is 29.9 Å². The number of carbonyl (C=O) groups excluding carboxylic acids is 4. The van der Waals surface area contributed by atoms with Crippen LogP contribution in [0.5, 0.6) is 0 Å². The highest BCUT2D eigenvalue weighted by atomic mass is 32.1. The number of primary amides is 1. The fraction of sp³-hybridized carbons (Fsp3) is 0.629. The second-order valence-corrected chi connectivity index (χ2v) is 16.4. The van der Waals surface area contributed by atoms with E-state index >= 15 is 0 Å². The van der Waals surface area contributed by atoms with Crippen LogP contribution in [0.2, 0.25) is 0 Å². The van der Waals surface area contributed by atoms with Crippen molar-refractivity contribution in [2.45, 2.75) is 79.3 Å². The van der Waals surface area contributed by atoms with E-state index in [-0.39, 0.29) is 11.9 Å². The number of hydrogen-bond acceptors (Lipinski definition) is 11. The molecule has 2 aliphatic rings. The molecule has 3 heterocycles. The third-order valence-corrected chi connectivity index (χ3v) is 9.70. The second kappa shape index (κ2) is 16.5. The zero-order valence-electron chi connectivity index (χ0n) is 31.3. The molecule has 1 aromatic carbocycles. The van der Waals surface area contributed by atoms with Gasteiger partial charge in [-0.25, -0.2) is 19.4 Å². The van der Waals surface area contributed by atoms with E-state index in [2.05, 4.69) is 32.8 Å². The zero-order valence-corrected chi connectivity index (χ0v) is 32.1. The van der Waals surface area contributed by atoms with Crippen LogP contribution in [0, 0.1) is 5.41 Å². The predicted molar refractivity (Wildman–Crippen MR) is 197 cm³/mol. The van der Waals surface area contributed by atoms with Crippen LogP contribution >= 0.6 is 11.3 Å². The molecule has 0 spiro atoms. The molecule has 15 nitrogen and oxygen atoms in total. The van der Waals surface area contributed by atoms with E-state index in [1.165, 1.54) is 18.3 Å². The van der Waals surface area contributed by atoms with Crippen molar-refractivity contribution in [2.75, 3.05) is 70.0 Å². The lowest BCUT2D eigenvalue weighted by molar-refractivity contribution is -0.202. The molecule has 2 aliphatic heterocycles. The van der Waals surface area contributed by atoms with Crippen LogP contribution in [0.3, 0.4) is 0 Å². The standard InChI is InChI=1S/C35H55N9O6S/c1-24(45)37-30-38-27(28(51-30)23-42-17-21-44(22-18-42)32(48)43-19-15-41(8)16-20-43)14-11-25-9-12-26(13-10-25)39-35(33(2,3)4,49-29(36)46)50-31(47)40-34(5,6)7/h9-10,12-13,39H,11,14-23H2,1-8H3,(H2,36,46)(H,40,47)(H,37,38,45). The van der Waals surface area contributed by atoms with Gasteiger partial charge in [0, 0.05) is 81.9 Å². The molecule has 5 amide bonds. The van der Waals surface area contributed by atoms with E-state index in [1.54, 1.807) is 20.8 Å². The number of anilines is 2. The summed E-state index contributed by atoms with van der Waals surface area (Å²) in [5.41, 5.74) is 6.42. The first-order valence-electron chi connectivity index (χ1n) is 17.4. The maximum atomic E-state index is 13.1. The number of rotatable bonds is 10. The summed E-state index contributed by atoms with van der Waals surface area (Å²) in [4.78, 5) is 64.1. The monoisotopic (exact) mass is 729 g/mol. The number of ether oxygens (including phenoxy) is 2. The lowest BCUT2D eigenvalue weighted by atomic mass is 9.90. The molecule has 16 heteroatoms. The molecule has 0 bridgehead atoms. The van der Waals surface area contributed by atoms with E-state index in [1.807, 2.05) is 54.8 Å². The van der Waals surface area contributed by atoms with Gasteiger partial charge < -0.3 is 45.9 Å². The van der Waals surface area contributed by atoms with Crippen molar-refractivity contribution in [2.24, 2.45) is 11.1 Å². The summed E-state index contributed by atoms with van der Waals surface area (Å²) in [6, 6.07) is 7.63. The van der Waals surface area contributed by atoms with Crippen LogP contribution in [0.4, 0.5) is 25.2 Å². The first-order chi connectivity index (χ1) is 23.8. The number of amides is 5. The lowest BCUT2D eigenvalue weighted by Crippen LogP contribution is -2.59. The average molecular weight is 730 g/mol. The minimum absolute atomic E-state index is 0.124. The van der Waals surface area contributed by atoms with Gasteiger partial charge in [0.15, 0.2) is 5.13 Å². The third-order valence-electron chi connectivity index (χ3n) is 8.70. The molecule has 0 radical (unpaired) electrons. The number of nitrogens with two attached hydrogens (primary N) is 1. The predicted octanol–water partition coefficient (Wildman–Crippen LogP) is 4.10. The fourth-order valence-corrected chi connectivity index (χ4v) is 6.88. The summed E-state index contributed by atoms with van der Waals surface area (Å²) in [6.45, 7) is 19.0. The Balaban J connectivity index is 1.41. The highest BCUT2D eigenvalue weighted by molar-refractivity contribution is 7.15. The highest BCUT2D eigenvalue weighted by Crippen LogP contribution is 2.37. The Morgan fingerprint density at radius 2 is 1.45 bits per heavy atom. The summed E-state index contributed by atoms with van der Waals surface area (Å²) >= 11 is 1.48. The normalized spacial score (nSPS) is 17.3. The lowest BCUT2D eigenvalue weighted by Gasteiger charge is -2.42. The van der Waals surface area contributed by atoms with Crippen molar-refractivity contribution in [1.29, 1.82) is 0 Å². The van der Waals surface area contributed by atoms with Crippen LogP contribution in [0.1, 0.15) is 64.6 Å². The smallest absolute Gasteiger partial charge is 0.387 e. The van der Waals surface area contributed by atoms with Crippen LogP contribution < -0.4 is 21.7 Å². The zero-order chi connectivity index (χ0) is 37.6. The van der Waals surface area contributed by atoms with Crippen molar-refractivity contribution < 1.29 is 28.7 Å². The Kier molecular flexibility index (Phi) is 12.8. The van der Waals surface area contributed by atoms with Gasteiger partial charge in [-0.15, -0.1) is 11.3 Å². The van der Waals surface area contributed by atoms with Crippen LogP contribution in [0.15, 0.2) is 24.3 Å². The van der Waals surface area contributed by atoms with E-state index in [4.69, 9.17) is 20.2 Å². The number of benzene rings is 1. The van der Waals surface area contributed by atoms with Gasteiger partial charge in [0.2, 0.25) is 5.91 Å². The Bertz CT molecular complexity index is 1520. The molecular formula is C35H55N9O6S. The number of aryl methyl sites for hydroxylation is 2. The number of likely N-dealkylation sites (N-methyl/N-ethyl adjacent to an activating group) is 1. The molecule has 0 aliphatic carbocycles. The largest absolute Gasteiger partial charge is 0.412 e. The maximum Gasteiger partial charge on any atom is 0.412 e. The summed E-state index contributed by atoms with van der Waals surface area (Å²) in [5, 5.41) is 9.23. The molecule has 5 N–H and O–H groups in total.